The van der Waals surface area contributed by atoms with E-state index in [0.29, 0.717) is 19.1 Å². The first-order valence-corrected chi connectivity index (χ1v) is 6.97. The van der Waals surface area contributed by atoms with Crippen molar-refractivity contribution in [2.45, 2.75) is 38.3 Å². The van der Waals surface area contributed by atoms with E-state index in [0.717, 1.165) is 45.7 Å². The van der Waals surface area contributed by atoms with Crippen molar-refractivity contribution in [3.8, 4) is 0 Å². The third-order valence-corrected chi connectivity index (χ3v) is 3.66. The van der Waals surface area contributed by atoms with E-state index in [4.69, 9.17) is 9.47 Å². The molecule has 2 aliphatic heterocycles. The Morgan fingerprint density at radius 3 is 2.94 bits per heavy atom. The van der Waals surface area contributed by atoms with Crippen LogP contribution in [-0.4, -0.2) is 62.4 Å². The van der Waals surface area contributed by atoms with Crippen LogP contribution in [0.2, 0.25) is 0 Å². The molecule has 2 fully saturated rings. The zero-order chi connectivity index (χ0) is 12.8. The maximum atomic E-state index is 12.0. The topological polar surface area (TPSA) is 50.8 Å². The van der Waals surface area contributed by atoms with Crippen LogP contribution < -0.4 is 5.32 Å². The molecule has 1 atom stereocenters. The Morgan fingerprint density at radius 2 is 2.22 bits per heavy atom. The third kappa shape index (κ3) is 3.93. The SMILES string of the molecule is CC1CNCCN1C(=O)CCOC1CCOCC1. The molecule has 2 aliphatic rings. The minimum atomic E-state index is 0.219. The van der Waals surface area contributed by atoms with Gasteiger partial charge in [-0.05, 0) is 19.8 Å². The summed E-state index contributed by atoms with van der Waals surface area (Å²) in [4.78, 5) is 14.0. The molecule has 0 radical (unpaired) electrons. The fourth-order valence-corrected chi connectivity index (χ4v) is 2.51. The quantitative estimate of drug-likeness (QED) is 0.790. The summed E-state index contributed by atoms with van der Waals surface area (Å²) in [6.07, 6.45) is 2.70. The van der Waals surface area contributed by atoms with Gasteiger partial charge >= 0.3 is 0 Å². The lowest BCUT2D eigenvalue weighted by Crippen LogP contribution is -2.52. The Morgan fingerprint density at radius 1 is 1.44 bits per heavy atom. The minimum absolute atomic E-state index is 0.219. The van der Waals surface area contributed by atoms with Gasteiger partial charge in [-0.1, -0.05) is 0 Å². The van der Waals surface area contributed by atoms with Gasteiger partial charge in [0.05, 0.1) is 19.1 Å². The Balaban J connectivity index is 1.64. The zero-order valence-corrected chi connectivity index (χ0v) is 11.2. The number of carbonyl (C=O) groups excluding carboxylic acids is 1. The molecule has 5 heteroatoms. The highest BCUT2D eigenvalue weighted by Crippen LogP contribution is 2.11. The second-order valence-electron chi connectivity index (χ2n) is 5.07. The van der Waals surface area contributed by atoms with Crippen molar-refractivity contribution in [2.75, 3.05) is 39.5 Å². The summed E-state index contributed by atoms with van der Waals surface area (Å²) in [5, 5.41) is 3.29. The van der Waals surface area contributed by atoms with Gasteiger partial charge in [0, 0.05) is 38.9 Å². The molecule has 104 valence electrons. The lowest BCUT2D eigenvalue weighted by atomic mass is 10.1. The number of hydrogen-bond acceptors (Lipinski definition) is 4. The van der Waals surface area contributed by atoms with Crippen molar-refractivity contribution in [1.29, 1.82) is 0 Å². The van der Waals surface area contributed by atoms with E-state index in [-0.39, 0.29) is 12.0 Å². The van der Waals surface area contributed by atoms with Crippen LogP contribution in [0.4, 0.5) is 0 Å². The van der Waals surface area contributed by atoms with Gasteiger partial charge < -0.3 is 19.7 Å². The standard InChI is InChI=1S/C13H24N2O3/c1-11-10-14-5-6-15(11)13(16)4-9-18-12-2-7-17-8-3-12/h11-12,14H,2-10H2,1H3. The molecule has 0 aromatic heterocycles. The van der Waals surface area contributed by atoms with Crippen molar-refractivity contribution in [2.24, 2.45) is 0 Å². The largest absolute Gasteiger partial charge is 0.381 e. The first-order chi connectivity index (χ1) is 8.77. The van der Waals surface area contributed by atoms with E-state index in [1.807, 2.05) is 4.90 Å². The third-order valence-electron chi connectivity index (χ3n) is 3.66. The summed E-state index contributed by atoms with van der Waals surface area (Å²) in [7, 11) is 0. The van der Waals surface area contributed by atoms with Crippen LogP contribution in [0.3, 0.4) is 0 Å². The van der Waals surface area contributed by atoms with Gasteiger partial charge in [-0.2, -0.15) is 0 Å². The van der Waals surface area contributed by atoms with Crippen LogP contribution >= 0.6 is 0 Å². The van der Waals surface area contributed by atoms with E-state index in [9.17, 15) is 4.79 Å². The van der Waals surface area contributed by atoms with E-state index in [2.05, 4.69) is 12.2 Å². The van der Waals surface area contributed by atoms with Gasteiger partial charge in [0.15, 0.2) is 0 Å². The molecule has 2 rings (SSSR count). The highest BCUT2D eigenvalue weighted by molar-refractivity contribution is 5.76. The molecule has 0 spiro atoms. The predicted molar refractivity (Wildman–Crippen MR) is 68.5 cm³/mol. The minimum Gasteiger partial charge on any atom is -0.381 e. The average Bonchev–Trinajstić information content (AvgIpc) is 2.40. The van der Waals surface area contributed by atoms with Crippen molar-refractivity contribution in [1.82, 2.24) is 10.2 Å². The Kier molecular flexibility index (Phi) is 5.41. The van der Waals surface area contributed by atoms with Gasteiger partial charge in [0.2, 0.25) is 5.91 Å². The molecule has 0 aliphatic carbocycles. The fraction of sp³-hybridized carbons (Fsp3) is 0.923. The predicted octanol–water partition coefficient (Wildman–Crippen LogP) is 0.392. The smallest absolute Gasteiger partial charge is 0.225 e. The average molecular weight is 256 g/mol. The molecule has 0 aromatic carbocycles. The number of ether oxygens (including phenoxy) is 2. The number of amides is 1. The molecule has 18 heavy (non-hydrogen) atoms. The fourth-order valence-electron chi connectivity index (χ4n) is 2.51. The monoisotopic (exact) mass is 256 g/mol. The van der Waals surface area contributed by atoms with Crippen molar-refractivity contribution < 1.29 is 14.3 Å². The van der Waals surface area contributed by atoms with E-state index in [1.54, 1.807) is 0 Å². The molecule has 5 nitrogen and oxygen atoms in total. The van der Waals surface area contributed by atoms with Crippen LogP contribution in [0.15, 0.2) is 0 Å². The highest BCUT2D eigenvalue weighted by Gasteiger charge is 2.23. The van der Waals surface area contributed by atoms with Crippen molar-refractivity contribution in [3.63, 3.8) is 0 Å². The Hall–Kier alpha value is -0.650. The van der Waals surface area contributed by atoms with E-state index < -0.39 is 0 Å². The molecule has 0 bridgehead atoms. The molecular formula is C13H24N2O3. The number of carbonyl (C=O) groups is 1. The maximum absolute atomic E-state index is 12.0. The molecule has 2 heterocycles. The molecule has 1 unspecified atom stereocenters. The van der Waals surface area contributed by atoms with Gasteiger partial charge in [0.25, 0.3) is 0 Å². The summed E-state index contributed by atoms with van der Waals surface area (Å²) in [5.41, 5.74) is 0. The number of hydrogen-bond donors (Lipinski definition) is 1. The number of nitrogens with one attached hydrogen (secondary N) is 1. The van der Waals surface area contributed by atoms with Crippen LogP contribution in [0.1, 0.15) is 26.2 Å². The van der Waals surface area contributed by atoms with Gasteiger partial charge in [-0.3, -0.25) is 4.79 Å². The summed E-state index contributed by atoms with van der Waals surface area (Å²) in [5.74, 6) is 0.219. The zero-order valence-electron chi connectivity index (χ0n) is 11.2. The summed E-state index contributed by atoms with van der Waals surface area (Å²) in [6, 6.07) is 0.300. The highest BCUT2D eigenvalue weighted by atomic mass is 16.5. The summed E-state index contributed by atoms with van der Waals surface area (Å²) in [6.45, 7) is 6.81. The van der Waals surface area contributed by atoms with Gasteiger partial charge in [0.1, 0.15) is 0 Å². The summed E-state index contributed by atoms with van der Waals surface area (Å²) >= 11 is 0. The Bertz CT molecular complexity index is 267. The molecule has 0 saturated carbocycles. The first kappa shape index (κ1) is 13.8. The van der Waals surface area contributed by atoms with Crippen LogP contribution in [0.25, 0.3) is 0 Å². The van der Waals surface area contributed by atoms with Gasteiger partial charge in [-0.25, -0.2) is 0 Å². The molecule has 1 N–H and O–H groups in total. The van der Waals surface area contributed by atoms with E-state index in [1.165, 1.54) is 0 Å². The first-order valence-electron chi connectivity index (χ1n) is 6.97. The van der Waals surface area contributed by atoms with Crippen LogP contribution in [-0.2, 0) is 14.3 Å². The number of rotatable bonds is 4. The second-order valence-corrected chi connectivity index (χ2v) is 5.07. The number of nitrogens with zero attached hydrogens (tertiary/aromatic N) is 1. The van der Waals surface area contributed by atoms with Gasteiger partial charge in [-0.15, -0.1) is 0 Å². The van der Waals surface area contributed by atoms with Crippen molar-refractivity contribution >= 4 is 5.91 Å². The molecule has 1 amide bonds. The van der Waals surface area contributed by atoms with Crippen LogP contribution in [0.5, 0.6) is 0 Å². The maximum Gasteiger partial charge on any atom is 0.225 e. The van der Waals surface area contributed by atoms with Crippen LogP contribution in [0, 0.1) is 0 Å². The molecule has 0 aromatic rings. The van der Waals surface area contributed by atoms with E-state index >= 15 is 0 Å². The lowest BCUT2D eigenvalue weighted by Gasteiger charge is -2.34. The lowest BCUT2D eigenvalue weighted by molar-refractivity contribution is -0.136. The Labute approximate surface area is 109 Å². The van der Waals surface area contributed by atoms with Crippen molar-refractivity contribution in [3.05, 3.63) is 0 Å². The summed E-state index contributed by atoms with van der Waals surface area (Å²) < 4.78 is 11.0. The normalized spacial score (nSPS) is 26.3. The molecular weight excluding hydrogens is 232 g/mol. The molecule has 2 saturated heterocycles. The number of piperazine rings is 1. The second kappa shape index (κ2) is 7.07.